The average Bonchev–Trinajstić information content (AvgIpc) is 2.81. The molecule has 0 saturated carbocycles. The van der Waals surface area contributed by atoms with Gasteiger partial charge in [0.15, 0.2) is 0 Å². The van der Waals surface area contributed by atoms with E-state index in [0.717, 1.165) is 25.8 Å². The minimum atomic E-state index is -0.164. The SMILES string of the molecule is CCCNC(c1ccnn1C)C(CC)(CC)OC. The van der Waals surface area contributed by atoms with Crippen LogP contribution >= 0.6 is 0 Å². The molecule has 1 aromatic heterocycles. The van der Waals surface area contributed by atoms with Crippen molar-refractivity contribution in [3.63, 3.8) is 0 Å². The van der Waals surface area contributed by atoms with Crippen molar-refractivity contribution < 1.29 is 4.74 Å². The first kappa shape index (κ1) is 15.2. The molecule has 4 heteroatoms. The molecule has 0 aliphatic carbocycles. The molecule has 1 aromatic rings. The Morgan fingerprint density at radius 1 is 1.39 bits per heavy atom. The van der Waals surface area contributed by atoms with Crippen LogP contribution in [-0.2, 0) is 11.8 Å². The molecular formula is C14H27N3O. The Balaban J connectivity index is 3.07. The van der Waals surface area contributed by atoms with Crippen molar-refractivity contribution in [2.24, 2.45) is 7.05 Å². The van der Waals surface area contributed by atoms with Gasteiger partial charge in [-0.2, -0.15) is 5.10 Å². The summed E-state index contributed by atoms with van der Waals surface area (Å²) in [7, 11) is 3.80. The van der Waals surface area contributed by atoms with Crippen LogP contribution < -0.4 is 5.32 Å². The number of methoxy groups -OCH3 is 1. The molecule has 1 atom stereocenters. The van der Waals surface area contributed by atoms with Gasteiger partial charge in [0.05, 0.1) is 17.3 Å². The summed E-state index contributed by atoms with van der Waals surface area (Å²) in [5.74, 6) is 0. The Kier molecular flexibility index (Phi) is 5.82. The van der Waals surface area contributed by atoms with Gasteiger partial charge in [-0.1, -0.05) is 20.8 Å². The summed E-state index contributed by atoms with van der Waals surface area (Å²) >= 11 is 0. The highest BCUT2D eigenvalue weighted by atomic mass is 16.5. The van der Waals surface area contributed by atoms with Crippen LogP contribution in [0.3, 0.4) is 0 Å². The van der Waals surface area contributed by atoms with E-state index >= 15 is 0 Å². The zero-order chi connectivity index (χ0) is 13.6. The quantitative estimate of drug-likeness (QED) is 0.774. The molecule has 0 aromatic carbocycles. The third-order valence-corrected chi connectivity index (χ3v) is 3.88. The maximum absolute atomic E-state index is 5.87. The minimum absolute atomic E-state index is 0.164. The fourth-order valence-electron chi connectivity index (χ4n) is 2.58. The summed E-state index contributed by atoms with van der Waals surface area (Å²) in [5.41, 5.74) is 1.03. The second-order valence-corrected chi connectivity index (χ2v) is 4.74. The first-order chi connectivity index (χ1) is 8.65. The van der Waals surface area contributed by atoms with Crippen molar-refractivity contribution in [3.05, 3.63) is 18.0 Å². The third kappa shape index (κ3) is 2.93. The van der Waals surface area contributed by atoms with Gasteiger partial charge in [0, 0.05) is 20.4 Å². The fraction of sp³-hybridized carbons (Fsp3) is 0.786. The van der Waals surface area contributed by atoms with E-state index in [1.165, 1.54) is 5.69 Å². The summed E-state index contributed by atoms with van der Waals surface area (Å²) in [4.78, 5) is 0. The van der Waals surface area contributed by atoms with Gasteiger partial charge >= 0.3 is 0 Å². The van der Waals surface area contributed by atoms with E-state index in [-0.39, 0.29) is 11.6 Å². The van der Waals surface area contributed by atoms with Crippen LogP contribution in [0.15, 0.2) is 12.3 Å². The first-order valence-electron chi connectivity index (χ1n) is 6.91. The standard InChI is InChI=1S/C14H27N3O/c1-6-10-15-13(12-9-11-16-17(12)4)14(7-2,8-3)18-5/h9,11,13,15H,6-8,10H2,1-5H3. The molecular weight excluding hydrogens is 226 g/mol. The summed E-state index contributed by atoms with van der Waals surface area (Å²) < 4.78 is 7.81. The first-order valence-corrected chi connectivity index (χ1v) is 6.91. The lowest BCUT2D eigenvalue weighted by Crippen LogP contribution is -2.46. The molecule has 0 radical (unpaired) electrons. The molecule has 0 aliphatic heterocycles. The van der Waals surface area contributed by atoms with Gasteiger partial charge < -0.3 is 10.1 Å². The van der Waals surface area contributed by atoms with Crippen LogP contribution in [0.5, 0.6) is 0 Å². The Hall–Kier alpha value is -0.870. The summed E-state index contributed by atoms with van der Waals surface area (Å²) in [6.07, 6.45) is 4.92. The molecule has 4 nitrogen and oxygen atoms in total. The van der Waals surface area contributed by atoms with Gasteiger partial charge in [-0.15, -0.1) is 0 Å². The number of rotatable bonds is 8. The molecule has 0 saturated heterocycles. The normalized spacial score (nSPS) is 13.8. The number of aromatic nitrogens is 2. The smallest absolute Gasteiger partial charge is 0.0882 e. The molecule has 0 fully saturated rings. The summed E-state index contributed by atoms with van der Waals surface area (Å²) in [6.45, 7) is 7.54. The van der Waals surface area contributed by atoms with E-state index in [9.17, 15) is 0 Å². The van der Waals surface area contributed by atoms with Crippen molar-refractivity contribution in [2.45, 2.75) is 51.7 Å². The molecule has 1 heterocycles. The second-order valence-electron chi connectivity index (χ2n) is 4.74. The minimum Gasteiger partial charge on any atom is -0.376 e. The highest BCUT2D eigenvalue weighted by molar-refractivity contribution is 5.13. The Labute approximate surface area is 111 Å². The Morgan fingerprint density at radius 3 is 2.44 bits per heavy atom. The van der Waals surface area contributed by atoms with Crippen LogP contribution in [0.4, 0.5) is 0 Å². The van der Waals surface area contributed by atoms with Crippen LogP contribution in [0.2, 0.25) is 0 Å². The summed E-state index contributed by atoms with van der Waals surface area (Å²) in [6, 6.07) is 2.26. The fourth-order valence-corrected chi connectivity index (χ4v) is 2.58. The Morgan fingerprint density at radius 2 is 2.06 bits per heavy atom. The zero-order valence-electron chi connectivity index (χ0n) is 12.4. The van der Waals surface area contributed by atoms with E-state index in [2.05, 4.69) is 37.3 Å². The van der Waals surface area contributed by atoms with Gasteiger partial charge in [0.2, 0.25) is 0 Å². The molecule has 0 spiro atoms. The van der Waals surface area contributed by atoms with Crippen LogP contribution in [0.1, 0.15) is 51.8 Å². The van der Waals surface area contributed by atoms with Gasteiger partial charge in [-0.3, -0.25) is 4.68 Å². The molecule has 0 amide bonds. The van der Waals surface area contributed by atoms with E-state index in [0.29, 0.717) is 0 Å². The molecule has 1 N–H and O–H groups in total. The van der Waals surface area contributed by atoms with Crippen LogP contribution in [0.25, 0.3) is 0 Å². The number of ether oxygens (including phenoxy) is 1. The lowest BCUT2D eigenvalue weighted by atomic mass is 9.86. The molecule has 1 rings (SSSR count). The summed E-state index contributed by atoms with van der Waals surface area (Å²) in [5, 5.41) is 7.90. The maximum atomic E-state index is 5.87. The van der Waals surface area contributed by atoms with Crippen LogP contribution in [-0.4, -0.2) is 29.0 Å². The highest BCUT2D eigenvalue weighted by Gasteiger charge is 2.37. The molecule has 1 unspecified atom stereocenters. The predicted molar refractivity (Wildman–Crippen MR) is 74.6 cm³/mol. The lowest BCUT2D eigenvalue weighted by molar-refractivity contribution is -0.0504. The van der Waals surface area contributed by atoms with Crippen molar-refractivity contribution in [1.82, 2.24) is 15.1 Å². The van der Waals surface area contributed by atoms with E-state index in [1.807, 2.05) is 25.0 Å². The zero-order valence-corrected chi connectivity index (χ0v) is 12.4. The average molecular weight is 253 g/mol. The van der Waals surface area contributed by atoms with Crippen molar-refractivity contribution in [3.8, 4) is 0 Å². The number of nitrogens with one attached hydrogen (secondary N) is 1. The number of nitrogens with zero attached hydrogens (tertiary/aromatic N) is 2. The largest absolute Gasteiger partial charge is 0.376 e. The molecule has 0 aliphatic rings. The number of aryl methyl sites for hydroxylation is 1. The van der Waals surface area contributed by atoms with E-state index in [4.69, 9.17) is 4.74 Å². The van der Waals surface area contributed by atoms with E-state index in [1.54, 1.807) is 0 Å². The number of hydrogen-bond acceptors (Lipinski definition) is 3. The monoisotopic (exact) mass is 253 g/mol. The van der Waals surface area contributed by atoms with Gasteiger partial charge in [0.1, 0.15) is 0 Å². The van der Waals surface area contributed by atoms with Crippen molar-refractivity contribution in [1.29, 1.82) is 0 Å². The van der Waals surface area contributed by atoms with Crippen LogP contribution in [0, 0.1) is 0 Å². The Bertz CT molecular complexity index is 336. The maximum Gasteiger partial charge on any atom is 0.0882 e. The topological polar surface area (TPSA) is 39.1 Å². The highest BCUT2D eigenvalue weighted by Crippen LogP contribution is 2.34. The predicted octanol–water partition coefficient (Wildman–Crippen LogP) is 2.67. The lowest BCUT2D eigenvalue weighted by Gasteiger charge is -2.39. The molecule has 18 heavy (non-hydrogen) atoms. The van der Waals surface area contributed by atoms with Gasteiger partial charge in [0.25, 0.3) is 0 Å². The van der Waals surface area contributed by atoms with Crippen molar-refractivity contribution in [2.75, 3.05) is 13.7 Å². The molecule has 0 bridgehead atoms. The van der Waals surface area contributed by atoms with Crippen molar-refractivity contribution >= 4 is 0 Å². The molecule has 104 valence electrons. The van der Waals surface area contributed by atoms with Gasteiger partial charge in [-0.25, -0.2) is 0 Å². The van der Waals surface area contributed by atoms with E-state index < -0.39 is 0 Å². The number of hydrogen-bond donors (Lipinski definition) is 1. The van der Waals surface area contributed by atoms with Gasteiger partial charge in [-0.05, 0) is 31.9 Å². The third-order valence-electron chi connectivity index (χ3n) is 3.88. The second kappa shape index (κ2) is 6.90.